The lowest BCUT2D eigenvalue weighted by Gasteiger charge is -2.46. The second-order valence-electron chi connectivity index (χ2n) is 10.0. The number of nitrogens with one attached hydrogen (secondary N) is 3. The van der Waals surface area contributed by atoms with Crippen molar-refractivity contribution in [3.05, 3.63) is 64.7 Å². The summed E-state index contributed by atoms with van der Waals surface area (Å²) in [5.41, 5.74) is 2.61. The van der Waals surface area contributed by atoms with Gasteiger partial charge in [-0.2, -0.15) is 0 Å². The highest BCUT2D eigenvalue weighted by atomic mass is 32.2. The number of likely N-dealkylation sites (N-methyl/N-ethyl adjacent to an activating group) is 1. The van der Waals surface area contributed by atoms with Crippen molar-refractivity contribution in [1.29, 1.82) is 0 Å². The van der Waals surface area contributed by atoms with E-state index in [0.717, 1.165) is 60.9 Å². The number of hydrogen-bond acceptors (Lipinski definition) is 6. The first kappa shape index (κ1) is 23.4. The molecule has 36 heavy (non-hydrogen) atoms. The molecule has 188 valence electrons. The van der Waals surface area contributed by atoms with Crippen LogP contribution in [0.4, 0.5) is 10.5 Å². The summed E-state index contributed by atoms with van der Waals surface area (Å²) >= 11 is 1.55. The minimum atomic E-state index is -0.180. The Hall–Kier alpha value is -3.01. The van der Waals surface area contributed by atoms with Gasteiger partial charge in [0, 0.05) is 29.9 Å². The zero-order chi connectivity index (χ0) is 24.8. The van der Waals surface area contributed by atoms with Crippen molar-refractivity contribution in [3.63, 3.8) is 0 Å². The first-order valence-corrected chi connectivity index (χ1v) is 13.4. The number of ether oxygens (including phenoxy) is 1. The molecule has 0 radical (unpaired) electrons. The van der Waals surface area contributed by atoms with Gasteiger partial charge in [-0.1, -0.05) is 30.0 Å². The predicted molar refractivity (Wildman–Crippen MR) is 141 cm³/mol. The number of benzene rings is 2. The summed E-state index contributed by atoms with van der Waals surface area (Å²) in [6.45, 7) is 4.65. The van der Waals surface area contributed by atoms with Gasteiger partial charge in [0.05, 0.1) is 16.3 Å². The number of anilines is 1. The molecule has 4 aliphatic heterocycles. The molecule has 0 spiro atoms. The van der Waals surface area contributed by atoms with E-state index in [0.29, 0.717) is 4.91 Å². The van der Waals surface area contributed by atoms with Crippen LogP contribution in [0, 0.1) is 12.8 Å². The van der Waals surface area contributed by atoms with E-state index < -0.39 is 0 Å². The number of aryl methyl sites for hydroxylation is 1. The van der Waals surface area contributed by atoms with Crippen molar-refractivity contribution in [3.8, 4) is 11.5 Å². The SMILES string of the molecule is Cc1cc(Oc2ccccc2)ccc1N1C(=O)NC2=C(C(=O)N[C@@H]3CCN(C)C3)SC3NCCC1C23. The molecule has 0 aliphatic carbocycles. The Labute approximate surface area is 215 Å². The van der Waals surface area contributed by atoms with E-state index >= 15 is 0 Å². The van der Waals surface area contributed by atoms with Crippen molar-refractivity contribution in [2.75, 3.05) is 31.6 Å². The van der Waals surface area contributed by atoms with E-state index in [4.69, 9.17) is 4.74 Å². The van der Waals surface area contributed by atoms with E-state index in [1.807, 2.05) is 60.4 Å². The number of para-hydroxylation sites is 1. The zero-order valence-corrected chi connectivity index (χ0v) is 21.3. The number of carbonyl (C=O) groups is 2. The molecule has 6 rings (SSSR count). The minimum Gasteiger partial charge on any atom is -0.457 e. The summed E-state index contributed by atoms with van der Waals surface area (Å²) in [6, 6.07) is 15.5. The zero-order valence-electron chi connectivity index (χ0n) is 20.5. The van der Waals surface area contributed by atoms with Crippen LogP contribution in [0.2, 0.25) is 0 Å². The van der Waals surface area contributed by atoms with Crippen LogP contribution in [-0.2, 0) is 4.79 Å². The first-order chi connectivity index (χ1) is 17.5. The van der Waals surface area contributed by atoms with Crippen molar-refractivity contribution >= 4 is 29.4 Å². The molecule has 9 heteroatoms. The molecule has 3 fully saturated rings. The summed E-state index contributed by atoms with van der Waals surface area (Å²) in [5.74, 6) is 1.47. The van der Waals surface area contributed by atoms with Gasteiger partial charge in [0.2, 0.25) is 0 Å². The second-order valence-corrected chi connectivity index (χ2v) is 11.2. The van der Waals surface area contributed by atoms with Gasteiger partial charge < -0.3 is 25.6 Å². The Balaban J connectivity index is 1.25. The fourth-order valence-electron chi connectivity index (χ4n) is 5.79. The van der Waals surface area contributed by atoms with Crippen LogP contribution in [0.5, 0.6) is 11.5 Å². The van der Waals surface area contributed by atoms with Gasteiger partial charge in [-0.25, -0.2) is 4.79 Å². The van der Waals surface area contributed by atoms with Crippen LogP contribution in [0.3, 0.4) is 0 Å². The van der Waals surface area contributed by atoms with Gasteiger partial charge in [0.25, 0.3) is 5.91 Å². The number of amides is 3. The fourth-order valence-corrected chi connectivity index (χ4v) is 7.19. The monoisotopic (exact) mass is 505 g/mol. The molecule has 2 aromatic rings. The van der Waals surface area contributed by atoms with E-state index in [-0.39, 0.29) is 35.3 Å². The highest BCUT2D eigenvalue weighted by molar-refractivity contribution is 8.04. The predicted octanol–water partition coefficient (Wildman–Crippen LogP) is 3.40. The third-order valence-corrected chi connectivity index (χ3v) is 8.84. The molecule has 0 aromatic heterocycles. The van der Waals surface area contributed by atoms with Crippen LogP contribution >= 0.6 is 11.8 Å². The molecule has 3 unspecified atom stereocenters. The second kappa shape index (κ2) is 9.46. The molecular formula is C27H31N5O3S. The van der Waals surface area contributed by atoms with E-state index in [1.54, 1.807) is 11.8 Å². The van der Waals surface area contributed by atoms with Crippen LogP contribution in [-0.4, -0.2) is 61.0 Å². The third kappa shape index (κ3) is 4.25. The summed E-state index contributed by atoms with van der Waals surface area (Å²) in [7, 11) is 2.07. The number of hydrogen-bond donors (Lipinski definition) is 3. The minimum absolute atomic E-state index is 0.0185. The Morgan fingerprint density at radius 2 is 1.97 bits per heavy atom. The van der Waals surface area contributed by atoms with E-state index in [2.05, 4.69) is 27.9 Å². The maximum atomic E-state index is 13.5. The smallest absolute Gasteiger partial charge is 0.326 e. The largest absolute Gasteiger partial charge is 0.457 e. The number of nitrogens with zero attached hydrogens (tertiary/aromatic N) is 2. The highest BCUT2D eigenvalue weighted by Gasteiger charge is 2.52. The number of urea groups is 1. The average molecular weight is 506 g/mol. The molecule has 8 nitrogen and oxygen atoms in total. The van der Waals surface area contributed by atoms with Gasteiger partial charge >= 0.3 is 6.03 Å². The lowest BCUT2D eigenvalue weighted by Crippen LogP contribution is -2.62. The first-order valence-electron chi connectivity index (χ1n) is 12.6. The van der Waals surface area contributed by atoms with Gasteiger partial charge in [-0.05, 0) is 75.8 Å². The summed E-state index contributed by atoms with van der Waals surface area (Å²) < 4.78 is 5.99. The molecule has 0 saturated carbocycles. The average Bonchev–Trinajstić information content (AvgIpc) is 3.44. The lowest BCUT2D eigenvalue weighted by atomic mass is 9.86. The topological polar surface area (TPSA) is 85.9 Å². The van der Waals surface area contributed by atoms with Gasteiger partial charge in [-0.15, -0.1) is 0 Å². The standard InChI is InChI=1S/C27H31N5O3S/c1-16-14-19(35-18-6-4-3-5-7-18)8-9-20(16)32-21-10-12-28-26-22(21)23(30-27(32)34)24(36-26)25(33)29-17-11-13-31(2)15-17/h3-9,14,17,21-22,26,28H,10-13,15H2,1-2H3,(H,29,33)(H,30,34)/t17-,21?,22?,26?/m1/s1. The van der Waals surface area contributed by atoms with E-state index in [9.17, 15) is 9.59 Å². The number of piperidine rings is 1. The normalized spacial score (nSPS) is 27.6. The molecular weight excluding hydrogens is 474 g/mol. The molecule has 3 amide bonds. The lowest BCUT2D eigenvalue weighted by molar-refractivity contribution is -0.117. The number of thioether (sulfide) groups is 1. The van der Waals surface area contributed by atoms with Crippen LogP contribution in [0.25, 0.3) is 0 Å². The van der Waals surface area contributed by atoms with Gasteiger partial charge in [-0.3, -0.25) is 9.69 Å². The van der Waals surface area contributed by atoms with E-state index in [1.165, 1.54) is 0 Å². The molecule has 0 bridgehead atoms. The Morgan fingerprint density at radius 3 is 2.72 bits per heavy atom. The molecule has 4 heterocycles. The van der Waals surface area contributed by atoms with Crippen LogP contribution < -0.4 is 25.6 Å². The van der Waals surface area contributed by atoms with Crippen molar-refractivity contribution < 1.29 is 14.3 Å². The third-order valence-electron chi connectivity index (χ3n) is 7.48. The Morgan fingerprint density at radius 1 is 1.14 bits per heavy atom. The Kier molecular flexibility index (Phi) is 6.15. The van der Waals surface area contributed by atoms with Gasteiger partial charge in [0.15, 0.2) is 0 Å². The molecule has 3 N–H and O–H groups in total. The van der Waals surface area contributed by atoms with Crippen LogP contribution in [0.15, 0.2) is 59.1 Å². The number of carbonyl (C=O) groups excluding carboxylic acids is 2. The Bertz CT molecular complexity index is 1220. The maximum Gasteiger partial charge on any atom is 0.326 e. The summed E-state index contributed by atoms with van der Waals surface area (Å²) in [4.78, 5) is 31.5. The number of likely N-dealkylation sites (tertiary alicyclic amines) is 1. The molecule has 3 saturated heterocycles. The van der Waals surface area contributed by atoms with Crippen molar-refractivity contribution in [2.45, 2.75) is 37.2 Å². The maximum absolute atomic E-state index is 13.5. The fraction of sp³-hybridized carbons (Fsp3) is 0.407. The summed E-state index contributed by atoms with van der Waals surface area (Å²) in [5, 5.41) is 9.93. The molecule has 4 atom stereocenters. The number of rotatable bonds is 5. The van der Waals surface area contributed by atoms with Crippen molar-refractivity contribution in [2.24, 2.45) is 5.92 Å². The van der Waals surface area contributed by atoms with Crippen LogP contribution in [0.1, 0.15) is 18.4 Å². The summed E-state index contributed by atoms with van der Waals surface area (Å²) in [6.07, 6.45) is 1.77. The molecule has 2 aromatic carbocycles. The molecule has 4 aliphatic rings. The quantitative estimate of drug-likeness (QED) is 0.578. The van der Waals surface area contributed by atoms with Crippen molar-refractivity contribution in [1.82, 2.24) is 20.9 Å². The van der Waals surface area contributed by atoms with Gasteiger partial charge in [0.1, 0.15) is 11.5 Å². The highest BCUT2D eigenvalue weighted by Crippen LogP contribution is 2.48.